The van der Waals surface area contributed by atoms with Crippen LogP contribution < -0.4 is 4.89 Å². The van der Waals surface area contributed by atoms with Gasteiger partial charge in [0.15, 0.2) is 6.10 Å². The fourth-order valence-corrected chi connectivity index (χ4v) is 10.6. The van der Waals surface area contributed by atoms with Gasteiger partial charge in [0, 0.05) is 12.8 Å². The molecule has 0 aliphatic rings. The predicted octanol–water partition coefficient (Wildman–Crippen LogP) is 20.9. The van der Waals surface area contributed by atoms with E-state index in [1.54, 1.807) is 0 Å². The Bertz CT molecular complexity index is 1410. The van der Waals surface area contributed by atoms with Crippen LogP contribution in [0.25, 0.3) is 0 Å². The van der Waals surface area contributed by atoms with Gasteiger partial charge in [0.1, 0.15) is 19.8 Å². The van der Waals surface area contributed by atoms with Crippen molar-refractivity contribution in [2.45, 2.75) is 341 Å². The number of phosphoric acid groups is 1. The number of carbonyl (C=O) groups excluding carboxylic acids is 2. The van der Waals surface area contributed by atoms with Crippen LogP contribution >= 0.6 is 7.82 Å². The summed E-state index contributed by atoms with van der Waals surface area (Å²) >= 11 is 0. The van der Waals surface area contributed by atoms with Crippen LogP contribution in [0.3, 0.4) is 0 Å². The standard InChI is InChI=1S/C68H130NO8P/c1-6-8-10-12-14-16-18-20-22-24-26-27-28-29-30-31-32-33-34-35-36-37-38-39-40-41-43-45-47-49-51-53-55-57-59-61-68(71)77-66(65-76-78(72,73)75-63-62-69(3,4)5)64-74-67(70)60-58-56-54-52-50-48-46-44-42-25-23-21-19-17-15-13-11-9-7-2/h18,20-21,23-24,26,66H,6-17,19,22,25,27-65H2,1-5H3/b20-18-,23-21-,26-24-. The fourth-order valence-electron chi connectivity index (χ4n) is 9.92. The molecular formula is C68H130NO8P. The van der Waals surface area contributed by atoms with E-state index in [1.807, 2.05) is 21.1 Å². The van der Waals surface area contributed by atoms with Gasteiger partial charge in [-0.2, -0.15) is 0 Å². The highest BCUT2D eigenvalue weighted by atomic mass is 31.2. The number of allylic oxidation sites excluding steroid dienone is 6. The number of likely N-dealkylation sites (N-methyl/N-ethyl adjacent to an activating group) is 1. The molecule has 0 aliphatic carbocycles. The normalized spacial score (nSPS) is 13.4. The molecule has 10 heteroatoms. The number of quaternary nitrogens is 1. The Morgan fingerprint density at radius 3 is 1.03 bits per heavy atom. The van der Waals surface area contributed by atoms with E-state index in [4.69, 9.17) is 18.5 Å². The molecular weight excluding hydrogens is 990 g/mol. The van der Waals surface area contributed by atoms with Gasteiger partial charge in [-0.3, -0.25) is 14.2 Å². The van der Waals surface area contributed by atoms with E-state index in [-0.39, 0.29) is 32.0 Å². The summed E-state index contributed by atoms with van der Waals surface area (Å²) in [7, 11) is 1.18. The molecule has 0 amide bonds. The lowest BCUT2D eigenvalue weighted by Crippen LogP contribution is -2.37. The highest BCUT2D eigenvalue weighted by molar-refractivity contribution is 7.45. The van der Waals surface area contributed by atoms with Crippen molar-refractivity contribution in [3.63, 3.8) is 0 Å². The molecule has 0 bridgehead atoms. The minimum atomic E-state index is -4.64. The van der Waals surface area contributed by atoms with E-state index in [1.165, 1.54) is 263 Å². The third-order valence-corrected chi connectivity index (χ3v) is 16.1. The molecule has 0 spiro atoms. The van der Waals surface area contributed by atoms with E-state index in [9.17, 15) is 19.0 Å². The molecule has 0 aromatic rings. The van der Waals surface area contributed by atoms with Gasteiger partial charge in [0.05, 0.1) is 27.7 Å². The first kappa shape index (κ1) is 76.2. The maximum atomic E-state index is 12.8. The molecule has 0 fully saturated rings. The Morgan fingerprint density at radius 1 is 0.397 bits per heavy atom. The Morgan fingerprint density at radius 2 is 0.692 bits per heavy atom. The number of carbonyl (C=O) groups is 2. The Kier molecular flexibility index (Phi) is 58.5. The summed E-state index contributed by atoms with van der Waals surface area (Å²) in [6.07, 6.45) is 75.1. The lowest BCUT2D eigenvalue weighted by atomic mass is 10.0. The van der Waals surface area contributed by atoms with Crippen LogP contribution in [0.5, 0.6) is 0 Å². The molecule has 9 nitrogen and oxygen atoms in total. The first-order valence-corrected chi connectivity index (χ1v) is 35.2. The van der Waals surface area contributed by atoms with E-state index >= 15 is 0 Å². The van der Waals surface area contributed by atoms with Crippen molar-refractivity contribution in [3.8, 4) is 0 Å². The zero-order valence-electron chi connectivity index (χ0n) is 52.4. The van der Waals surface area contributed by atoms with Gasteiger partial charge >= 0.3 is 11.9 Å². The van der Waals surface area contributed by atoms with Gasteiger partial charge in [-0.1, -0.05) is 288 Å². The molecule has 0 radical (unpaired) electrons. The van der Waals surface area contributed by atoms with Crippen LogP contribution in [-0.2, 0) is 32.7 Å². The van der Waals surface area contributed by atoms with Crippen LogP contribution in [0, 0.1) is 0 Å². The second-order valence-electron chi connectivity index (χ2n) is 24.2. The Labute approximate surface area is 484 Å². The summed E-state index contributed by atoms with van der Waals surface area (Å²) in [5, 5.41) is 0. The zero-order chi connectivity index (χ0) is 57.0. The Hall–Kier alpha value is -1.77. The maximum absolute atomic E-state index is 12.8. The lowest BCUT2D eigenvalue weighted by molar-refractivity contribution is -0.870. The first-order valence-electron chi connectivity index (χ1n) is 33.7. The quantitative estimate of drug-likeness (QED) is 0.0195. The molecule has 0 aromatic heterocycles. The average Bonchev–Trinajstić information content (AvgIpc) is 3.41. The first-order chi connectivity index (χ1) is 38.0. The van der Waals surface area contributed by atoms with E-state index < -0.39 is 26.5 Å². The van der Waals surface area contributed by atoms with Gasteiger partial charge in [0.2, 0.25) is 0 Å². The van der Waals surface area contributed by atoms with E-state index in [2.05, 4.69) is 50.3 Å². The van der Waals surface area contributed by atoms with Crippen molar-refractivity contribution in [2.24, 2.45) is 0 Å². The molecule has 2 unspecified atom stereocenters. The largest absolute Gasteiger partial charge is 0.756 e. The molecule has 0 rings (SSSR count). The number of nitrogens with zero attached hydrogens (tertiary/aromatic N) is 1. The number of rotatable bonds is 63. The number of hydrogen-bond acceptors (Lipinski definition) is 8. The van der Waals surface area contributed by atoms with Crippen molar-refractivity contribution in [1.82, 2.24) is 0 Å². The van der Waals surface area contributed by atoms with Crippen LogP contribution in [0.15, 0.2) is 36.5 Å². The van der Waals surface area contributed by atoms with Gasteiger partial charge in [-0.25, -0.2) is 0 Å². The highest BCUT2D eigenvalue weighted by Gasteiger charge is 2.22. The summed E-state index contributed by atoms with van der Waals surface area (Å²) in [5.41, 5.74) is 0. The SMILES string of the molecule is CCCCCCC/C=C\C/C=C\CCCCCCCCCCCCCCCCCCCCCCCCCC(=O)OC(COC(=O)CCCCCCCCCCC/C=C\CCCCCCCC)COP(=O)([O-])OCC[N+](C)(C)C. The molecule has 0 saturated heterocycles. The minimum absolute atomic E-state index is 0.0286. The topological polar surface area (TPSA) is 111 Å². The van der Waals surface area contributed by atoms with Crippen LogP contribution in [-0.4, -0.2) is 70.0 Å². The van der Waals surface area contributed by atoms with Crippen molar-refractivity contribution < 1.29 is 42.1 Å². The van der Waals surface area contributed by atoms with Crippen molar-refractivity contribution >= 4 is 19.8 Å². The molecule has 2 atom stereocenters. The van der Waals surface area contributed by atoms with Crippen molar-refractivity contribution in [1.29, 1.82) is 0 Å². The average molecular weight is 1120 g/mol. The lowest BCUT2D eigenvalue weighted by Gasteiger charge is -2.28. The van der Waals surface area contributed by atoms with Gasteiger partial charge < -0.3 is 27.9 Å². The van der Waals surface area contributed by atoms with Crippen molar-refractivity contribution in [2.75, 3.05) is 47.5 Å². The summed E-state index contributed by atoms with van der Waals surface area (Å²) in [5.74, 6) is -0.818. The molecule has 0 aromatic carbocycles. The van der Waals surface area contributed by atoms with Gasteiger partial charge in [-0.05, 0) is 70.6 Å². The fraction of sp³-hybridized carbons (Fsp3) is 0.882. The van der Waals surface area contributed by atoms with Crippen LogP contribution in [0.1, 0.15) is 335 Å². The second-order valence-corrected chi connectivity index (χ2v) is 25.6. The van der Waals surface area contributed by atoms with E-state index in [0.29, 0.717) is 17.4 Å². The van der Waals surface area contributed by atoms with Crippen LogP contribution in [0.4, 0.5) is 0 Å². The third kappa shape index (κ3) is 63.4. The van der Waals surface area contributed by atoms with Gasteiger partial charge in [0.25, 0.3) is 7.82 Å². The number of ether oxygens (including phenoxy) is 2. The molecule has 78 heavy (non-hydrogen) atoms. The summed E-state index contributed by atoms with van der Waals surface area (Å²) in [6, 6.07) is 0. The smallest absolute Gasteiger partial charge is 0.306 e. The third-order valence-electron chi connectivity index (χ3n) is 15.1. The molecule has 0 saturated carbocycles. The zero-order valence-corrected chi connectivity index (χ0v) is 53.3. The maximum Gasteiger partial charge on any atom is 0.306 e. The minimum Gasteiger partial charge on any atom is -0.756 e. The predicted molar refractivity (Wildman–Crippen MR) is 333 cm³/mol. The number of unbranched alkanes of at least 4 members (excludes halogenated alkanes) is 43. The summed E-state index contributed by atoms with van der Waals surface area (Å²) in [4.78, 5) is 38.0. The molecule has 460 valence electrons. The number of phosphoric ester groups is 1. The summed E-state index contributed by atoms with van der Waals surface area (Å²) < 4.78 is 34.3. The Balaban J connectivity index is 3.96. The van der Waals surface area contributed by atoms with Crippen LogP contribution in [0.2, 0.25) is 0 Å². The molecule has 0 N–H and O–H groups in total. The molecule has 0 heterocycles. The highest BCUT2D eigenvalue weighted by Crippen LogP contribution is 2.38. The second kappa shape index (κ2) is 59.8. The summed E-state index contributed by atoms with van der Waals surface area (Å²) in [6.45, 7) is 4.28. The molecule has 0 aliphatic heterocycles. The van der Waals surface area contributed by atoms with E-state index in [0.717, 1.165) is 38.5 Å². The number of esters is 2. The van der Waals surface area contributed by atoms with Crippen molar-refractivity contribution in [3.05, 3.63) is 36.5 Å². The van der Waals surface area contributed by atoms with Gasteiger partial charge in [-0.15, -0.1) is 0 Å². The monoisotopic (exact) mass is 1120 g/mol. The number of hydrogen-bond donors (Lipinski definition) is 0.